The molecule has 1 aliphatic heterocycles. The Morgan fingerprint density at radius 2 is 1.39 bits per heavy atom. The highest BCUT2D eigenvalue weighted by atomic mass is 16.6. The maximum absolute atomic E-state index is 13.3. The van der Waals surface area contributed by atoms with Gasteiger partial charge in [-0.3, -0.25) is 9.69 Å². The van der Waals surface area contributed by atoms with Crippen molar-refractivity contribution in [2.75, 3.05) is 37.7 Å². The van der Waals surface area contributed by atoms with E-state index in [-0.39, 0.29) is 13.0 Å². The van der Waals surface area contributed by atoms with Crippen molar-refractivity contribution in [1.29, 1.82) is 0 Å². The Morgan fingerprint density at radius 1 is 0.745 bits per heavy atom. The third-order valence-electron chi connectivity index (χ3n) is 9.72. The number of nitrogens with zero attached hydrogens (tertiary/aromatic N) is 3. The van der Waals surface area contributed by atoms with Crippen LogP contribution in [-0.2, 0) is 25.6 Å². The van der Waals surface area contributed by atoms with Crippen LogP contribution in [0.3, 0.4) is 0 Å². The van der Waals surface area contributed by atoms with E-state index in [1.165, 1.54) is 61.6 Å². The lowest BCUT2D eigenvalue weighted by Crippen LogP contribution is -2.46. The Labute approximate surface area is 302 Å². The molecule has 2 heterocycles. The molecule has 1 saturated heterocycles. The summed E-state index contributed by atoms with van der Waals surface area (Å²) in [6.07, 6.45) is 11.4. The predicted octanol–water partition coefficient (Wildman–Crippen LogP) is 8.89. The maximum atomic E-state index is 13.3. The fraction of sp³-hybridized carbons (Fsp3) is 0.500. The molecule has 0 spiro atoms. The molecule has 3 aromatic carbocycles. The second-order valence-corrected chi connectivity index (χ2v) is 13.6. The first-order valence-electron chi connectivity index (χ1n) is 19.1. The van der Waals surface area contributed by atoms with Crippen molar-refractivity contribution >= 4 is 28.7 Å². The van der Waals surface area contributed by atoms with E-state index in [4.69, 9.17) is 13.9 Å². The molecule has 0 aliphatic carbocycles. The van der Waals surface area contributed by atoms with Gasteiger partial charge in [0.15, 0.2) is 5.58 Å². The van der Waals surface area contributed by atoms with E-state index in [1.54, 1.807) is 13.0 Å². The van der Waals surface area contributed by atoms with Gasteiger partial charge in [-0.1, -0.05) is 126 Å². The normalized spacial score (nSPS) is 14.1. The third-order valence-corrected chi connectivity index (χ3v) is 9.72. The van der Waals surface area contributed by atoms with E-state index in [1.807, 2.05) is 18.2 Å². The maximum Gasteiger partial charge on any atom is 0.423 e. The van der Waals surface area contributed by atoms with Crippen LogP contribution in [0.25, 0.3) is 22.2 Å². The average molecular weight is 698 g/mol. The fourth-order valence-electron chi connectivity index (χ4n) is 6.93. The number of fused-ring (bicyclic) bond motifs is 1. The van der Waals surface area contributed by atoms with Crippen LogP contribution in [0.15, 0.2) is 82.0 Å². The molecule has 0 amide bonds. The second-order valence-electron chi connectivity index (χ2n) is 13.6. The lowest BCUT2D eigenvalue weighted by Gasteiger charge is -2.36. The molecule has 0 N–H and O–H groups in total. The molecule has 5 rings (SSSR count). The smallest absolute Gasteiger partial charge is 0.423 e. The number of hydrogen-bond donors (Lipinski definition) is 0. The van der Waals surface area contributed by atoms with E-state index in [9.17, 15) is 14.4 Å². The van der Waals surface area contributed by atoms with Crippen LogP contribution in [-0.4, -0.2) is 54.2 Å². The minimum absolute atomic E-state index is 0.0854. The molecule has 9 nitrogen and oxygen atoms in total. The van der Waals surface area contributed by atoms with Crippen LogP contribution < -0.4 is 10.7 Å². The highest BCUT2D eigenvalue weighted by molar-refractivity contribution is 5.89. The van der Waals surface area contributed by atoms with Gasteiger partial charge in [0.25, 0.3) is 6.23 Å². The molecule has 1 fully saturated rings. The van der Waals surface area contributed by atoms with Crippen LogP contribution in [0.2, 0.25) is 0 Å². The van der Waals surface area contributed by atoms with E-state index < -0.39 is 23.9 Å². The number of hydrogen-bond acceptors (Lipinski definition) is 8. The predicted molar refractivity (Wildman–Crippen MR) is 203 cm³/mol. The summed E-state index contributed by atoms with van der Waals surface area (Å²) in [5.74, 6) is -2.10. The van der Waals surface area contributed by atoms with Gasteiger partial charge in [0, 0.05) is 39.1 Å². The van der Waals surface area contributed by atoms with E-state index in [2.05, 4.69) is 65.3 Å². The average Bonchev–Trinajstić information content (AvgIpc) is 3.49. The highest BCUT2D eigenvalue weighted by Gasteiger charge is 2.32. The summed E-state index contributed by atoms with van der Waals surface area (Å²) in [5, 5.41) is 0. The van der Waals surface area contributed by atoms with Gasteiger partial charge in [-0.25, -0.2) is 14.2 Å². The van der Waals surface area contributed by atoms with Crippen molar-refractivity contribution in [3.63, 3.8) is 0 Å². The summed E-state index contributed by atoms with van der Waals surface area (Å²) >= 11 is 0. The van der Waals surface area contributed by atoms with Crippen LogP contribution in [0.5, 0.6) is 0 Å². The number of ether oxygens (including phenoxy) is 2. The monoisotopic (exact) mass is 697 g/mol. The number of carbonyl (C=O) groups is 2. The first kappa shape index (κ1) is 37.9. The van der Waals surface area contributed by atoms with Crippen molar-refractivity contribution in [1.82, 2.24) is 9.47 Å². The SMILES string of the molecule is CCCCCCCCCCCCCC(=O)OC(C(=O)OCC)n1c(=O)oc2c(N3CCN(Cc4cccc(-c5ccccc5)c4)CC3)cccc21. The Morgan fingerprint density at radius 3 is 2.08 bits per heavy atom. The lowest BCUT2D eigenvalue weighted by molar-refractivity contribution is -0.174. The first-order valence-corrected chi connectivity index (χ1v) is 19.1. The van der Waals surface area contributed by atoms with E-state index in [0.29, 0.717) is 17.5 Å². The quantitative estimate of drug-likeness (QED) is 0.0668. The van der Waals surface area contributed by atoms with Crippen molar-refractivity contribution in [3.8, 4) is 11.1 Å². The van der Waals surface area contributed by atoms with Crippen molar-refractivity contribution < 1.29 is 23.5 Å². The molecule has 4 aromatic rings. The summed E-state index contributed by atoms with van der Waals surface area (Å²) in [7, 11) is 0. The van der Waals surface area contributed by atoms with Gasteiger partial charge in [0.1, 0.15) is 0 Å². The second kappa shape index (κ2) is 19.9. The molecule has 0 bridgehead atoms. The van der Waals surface area contributed by atoms with Crippen LogP contribution in [0, 0.1) is 0 Å². The minimum Gasteiger partial charge on any atom is -0.462 e. The van der Waals surface area contributed by atoms with Crippen LogP contribution in [0.4, 0.5) is 5.69 Å². The number of para-hydroxylation sites is 1. The third kappa shape index (κ3) is 10.8. The van der Waals surface area contributed by atoms with Crippen LogP contribution >= 0.6 is 0 Å². The van der Waals surface area contributed by atoms with Gasteiger partial charge in [-0.05, 0) is 48.2 Å². The molecule has 0 saturated carbocycles. The number of carbonyl (C=O) groups excluding carboxylic acids is 2. The fourth-order valence-corrected chi connectivity index (χ4v) is 6.93. The Hall–Kier alpha value is -4.37. The zero-order chi connectivity index (χ0) is 35.8. The van der Waals surface area contributed by atoms with Crippen LogP contribution in [0.1, 0.15) is 103 Å². The molecule has 1 atom stereocenters. The Kier molecular flexibility index (Phi) is 14.8. The standard InChI is InChI=1S/C42H55N3O6/c1-3-5-6-7-8-9-10-11-12-13-17-26-38(46)50-40(41(47)49-4-2)45-37-25-19-24-36(39(37)51-42(45)48)44-29-27-43(28-30-44)32-33-20-18-23-35(31-33)34-21-15-14-16-22-34/h14-16,18-25,31,40H,3-13,17,26-30,32H2,1-2H3. The zero-order valence-corrected chi connectivity index (χ0v) is 30.5. The topological polar surface area (TPSA) is 94.2 Å². The van der Waals surface area contributed by atoms with Gasteiger partial charge in [0.05, 0.1) is 17.8 Å². The summed E-state index contributed by atoms with van der Waals surface area (Å²) < 4.78 is 17.8. The molecule has 9 heteroatoms. The Balaban J connectivity index is 1.17. The highest BCUT2D eigenvalue weighted by Crippen LogP contribution is 2.30. The van der Waals surface area contributed by atoms with Gasteiger partial charge >= 0.3 is 17.7 Å². The number of aromatic nitrogens is 1. The zero-order valence-electron chi connectivity index (χ0n) is 30.5. The number of rotatable bonds is 20. The molecule has 51 heavy (non-hydrogen) atoms. The van der Waals surface area contributed by atoms with Gasteiger partial charge in [-0.15, -0.1) is 0 Å². The van der Waals surface area contributed by atoms with Crippen molar-refractivity contribution in [2.24, 2.45) is 0 Å². The number of unbranched alkanes of at least 4 members (excludes halogenated alkanes) is 10. The summed E-state index contributed by atoms with van der Waals surface area (Å²) in [6, 6.07) is 24.5. The van der Waals surface area contributed by atoms with Crippen molar-refractivity contribution in [2.45, 2.75) is 104 Å². The molecule has 1 aliphatic rings. The van der Waals surface area contributed by atoms with Gasteiger partial charge < -0.3 is 18.8 Å². The molecule has 0 radical (unpaired) electrons. The Bertz CT molecular complexity index is 1720. The summed E-state index contributed by atoms with van der Waals surface area (Å²) in [5.41, 5.74) is 5.19. The number of piperazine rings is 1. The van der Waals surface area contributed by atoms with E-state index in [0.717, 1.165) is 62.2 Å². The number of benzene rings is 3. The summed E-state index contributed by atoms with van der Waals surface area (Å²) in [4.78, 5) is 44.0. The number of anilines is 1. The molecular formula is C42H55N3O6. The summed E-state index contributed by atoms with van der Waals surface area (Å²) in [6.45, 7) is 7.98. The number of oxazole rings is 1. The molecular weight excluding hydrogens is 642 g/mol. The van der Waals surface area contributed by atoms with Gasteiger partial charge in [0.2, 0.25) is 0 Å². The molecule has 274 valence electrons. The molecule has 1 unspecified atom stereocenters. The first-order chi connectivity index (χ1) is 25.0. The van der Waals surface area contributed by atoms with Crippen molar-refractivity contribution in [3.05, 3.63) is 88.9 Å². The number of esters is 2. The van der Waals surface area contributed by atoms with Gasteiger partial charge in [-0.2, -0.15) is 0 Å². The molecule has 1 aromatic heterocycles. The minimum atomic E-state index is -1.56. The lowest BCUT2D eigenvalue weighted by atomic mass is 10.0. The largest absolute Gasteiger partial charge is 0.462 e. The van der Waals surface area contributed by atoms with E-state index >= 15 is 0 Å².